The lowest BCUT2D eigenvalue weighted by atomic mass is 9.93. The van der Waals surface area contributed by atoms with Crippen molar-refractivity contribution < 1.29 is 19.4 Å². The van der Waals surface area contributed by atoms with Crippen LogP contribution in [0.5, 0.6) is 11.5 Å². The predicted molar refractivity (Wildman–Crippen MR) is 67.5 cm³/mol. The number of hydrogen-bond donors (Lipinski definition) is 1. The van der Waals surface area contributed by atoms with E-state index in [1.54, 1.807) is 6.92 Å². The molecule has 0 saturated heterocycles. The van der Waals surface area contributed by atoms with Gasteiger partial charge in [-0.25, -0.2) is 0 Å². The lowest BCUT2D eigenvalue weighted by molar-refractivity contribution is -0.138. The maximum Gasteiger partial charge on any atom is 0.310 e. The molecule has 2 rings (SSSR count). The zero-order valence-electron chi connectivity index (χ0n) is 10.7. The van der Waals surface area contributed by atoms with Gasteiger partial charge in [-0.15, -0.1) is 0 Å². The summed E-state index contributed by atoms with van der Waals surface area (Å²) in [5.41, 5.74) is 1.82. The molecule has 1 unspecified atom stereocenters. The number of fused-ring (bicyclic) bond motifs is 1. The molecule has 1 N–H and O–H groups in total. The van der Waals surface area contributed by atoms with E-state index in [1.807, 2.05) is 19.1 Å². The third kappa shape index (κ3) is 2.42. The van der Waals surface area contributed by atoms with Gasteiger partial charge in [-0.2, -0.15) is 0 Å². The topological polar surface area (TPSA) is 55.8 Å². The molecule has 4 nitrogen and oxygen atoms in total. The van der Waals surface area contributed by atoms with Crippen LogP contribution in [0.25, 0.3) is 0 Å². The minimum atomic E-state index is -0.820. The average molecular weight is 250 g/mol. The van der Waals surface area contributed by atoms with Crippen LogP contribution in [0.1, 0.15) is 37.3 Å². The largest absolute Gasteiger partial charge is 0.490 e. The summed E-state index contributed by atoms with van der Waals surface area (Å²) in [5.74, 6) is 0.0368. The van der Waals surface area contributed by atoms with Gasteiger partial charge in [0.2, 0.25) is 0 Å². The summed E-state index contributed by atoms with van der Waals surface area (Å²) < 4.78 is 11.2. The maximum atomic E-state index is 11.1. The highest BCUT2D eigenvalue weighted by molar-refractivity contribution is 5.76. The SMILES string of the molecule is CCc1cc2c(cc1C(C)C(=O)O)OCCCO2. The fraction of sp³-hybridized carbons (Fsp3) is 0.500. The Hall–Kier alpha value is -1.71. The summed E-state index contributed by atoms with van der Waals surface area (Å²) in [5, 5.41) is 9.14. The van der Waals surface area contributed by atoms with E-state index < -0.39 is 11.9 Å². The number of rotatable bonds is 3. The van der Waals surface area contributed by atoms with Crippen LogP contribution in [0.15, 0.2) is 12.1 Å². The zero-order chi connectivity index (χ0) is 13.1. The Labute approximate surface area is 107 Å². The maximum absolute atomic E-state index is 11.1. The zero-order valence-corrected chi connectivity index (χ0v) is 10.7. The van der Waals surface area contributed by atoms with Gasteiger partial charge < -0.3 is 14.6 Å². The Morgan fingerprint density at radius 3 is 2.50 bits per heavy atom. The highest BCUT2D eigenvalue weighted by Crippen LogP contribution is 2.35. The number of carbonyl (C=O) groups is 1. The molecule has 0 radical (unpaired) electrons. The first kappa shape index (κ1) is 12.7. The molecule has 1 atom stereocenters. The molecule has 0 aromatic heterocycles. The number of carboxylic acids is 1. The summed E-state index contributed by atoms with van der Waals surface area (Å²) in [4.78, 5) is 11.1. The molecule has 4 heteroatoms. The number of ether oxygens (including phenoxy) is 2. The monoisotopic (exact) mass is 250 g/mol. The van der Waals surface area contributed by atoms with Gasteiger partial charge in [-0.05, 0) is 36.6 Å². The highest BCUT2D eigenvalue weighted by atomic mass is 16.5. The second-order valence-corrected chi connectivity index (χ2v) is 4.46. The molecule has 0 amide bonds. The van der Waals surface area contributed by atoms with Crippen molar-refractivity contribution in [3.05, 3.63) is 23.3 Å². The lowest BCUT2D eigenvalue weighted by Gasteiger charge is -2.16. The molecule has 18 heavy (non-hydrogen) atoms. The van der Waals surface area contributed by atoms with Crippen molar-refractivity contribution in [1.82, 2.24) is 0 Å². The van der Waals surface area contributed by atoms with Crippen molar-refractivity contribution in [3.63, 3.8) is 0 Å². The first-order valence-electron chi connectivity index (χ1n) is 6.28. The Balaban J connectivity index is 2.46. The molecule has 0 bridgehead atoms. The van der Waals surface area contributed by atoms with Gasteiger partial charge in [0.1, 0.15) is 0 Å². The molecule has 0 saturated carbocycles. The second kappa shape index (κ2) is 5.29. The van der Waals surface area contributed by atoms with Gasteiger partial charge in [-0.1, -0.05) is 6.92 Å². The summed E-state index contributed by atoms with van der Waals surface area (Å²) in [6, 6.07) is 3.73. The summed E-state index contributed by atoms with van der Waals surface area (Å²) in [6.45, 7) is 4.96. The Kier molecular flexibility index (Phi) is 3.75. The molecule has 1 aliphatic heterocycles. The lowest BCUT2D eigenvalue weighted by Crippen LogP contribution is -2.10. The van der Waals surface area contributed by atoms with E-state index in [2.05, 4.69) is 0 Å². The van der Waals surface area contributed by atoms with E-state index in [4.69, 9.17) is 14.6 Å². The van der Waals surface area contributed by atoms with Gasteiger partial charge in [0.25, 0.3) is 0 Å². The molecule has 1 aliphatic rings. The van der Waals surface area contributed by atoms with E-state index in [1.165, 1.54) is 0 Å². The first-order valence-corrected chi connectivity index (χ1v) is 6.28. The molecule has 1 aromatic rings. The standard InChI is InChI=1S/C14H18O4/c1-3-10-7-12-13(18-6-4-5-17-12)8-11(10)9(2)14(15)16/h7-9H,3-6H2,1-2H3,(H,15,16). The van der Waals surface area contributed by atoms with Crippen molar-refractivity contribution in [2.45, 2.75) is 32.6 Å². The van der Waals surface area contributed by atoms with Crippen molar-refractivity contribution in [2.75, 3.05) is 13.2 Å². The van der Waals surface area contributed by atoms with Gasteiger partial charge in [-0.3, -0.25) is 4.79 Å². The van der Waals surface area contributed by atoms with Gasteiger partial charge in [0.05, 0.1) is 19.1 Å². The van der Waals surface area contributed by atoms with Crippen molar-refractivity contribution in [3.8, 4) is 11.5 Å². The molecule has 1 heterocycles. The normalized spacial score (nSPS) is 15.9. The summed E-state index contributed by atoms with van der Waals surface area (Å²) >= 11 is 0. The second-order valence-electron chi connectivity index (χ2n) is 4.46. The average Bonchev–Trinajstić information content (AvgIpc) is 2.60. The Morgan fingerprint density at radius 1 is 1.33 bits per heavy atom. The number of carboxylic acid groups (broad SMARTS) is 1. The van der Waals surface area contributed by atoms with Crippen LogP contribution in [0.4, 0.5) is 0 Å². The van der Waals surface area contributed by atoms with E-state index >= 15 is 0 Å². The number of aliphatic carboxylic acids is 1. The summed E-state index contributed by atoms with van der Waals surface area (Å²) in [7, 11) is 0. The van der Waals surface area contributed by atoms with Crippen molar-refractivity contribution in [1.29, 1.82) is 0 Å². The molecular formula is C14H18O4. The fourth-order valence-corrected chi connectivity index (χ4v) is 2.11. The van der Waals surface area contributed by atoms with Gasteiger partial charge in [0, 0.05) is 6.42 Å². The van der Waals surface area contributed by atoms with Crippen molar-refractivity contribution >= 4 is 5.97 Å². The first-order chi connectivity index (χ1) is 8.63. The summed E-state index contributed by atoms with van der Waals surface area (Å²) in [6.07, 6.45) is 1.63. The van der Waals surface area contributed by atoms with Crippen LogP contribution in [0.3, 0.4) is 0 Å². The van der Waals surface area contributed by atoms with Crippen LogP contribution in [-0.4, -0.2) is 24.3 Å². The number of hydrogen-bond acceptors (Lipinski definition) is 3. The minimum absolute atomic E-state index is 0.530. The Morgan fingerprint density at radius 2 is 1.94 bits per heavy atom. The third-order valence-corrected chi connectivity index (χ3v) is 3.23. The van der Waals surface area contributed by atoms with E-state index in [0.717, 1.165) is 29.7 Å². The van der Waals surface area contributed by atoms with Crippen LogP contribution in [0, 0.1) is 0 Å². The molecule has 0 aliphatic carbocycles. The highest BCUT2D eigenvalue weighted by Gasteiger charge is 2.21. The number of aryl methyl sites for hydroxylation is 1. The predicted octanol–water partition coefficient (Wildman–Crippen LogP) is 2.60. The number of benzene rings is 1. The van der Waals surface area contributed by atoms with E-state index in [9.17, 15) is 4.79 Å². The van der Waals surface area contributed by atoms with Crippen LogP contribution in [0.2, 0.25) is 0 Å². The minimum Gasteiger partial charge on any atom is -0.490 e. The van der Waals surface area contributed by atoms with Gasteiger partial charge >= 0.3 is 5.97 Å². The molecular weight excluding hydrogens is 232 g/mol. The smallest absolute Gasteiger partial charge is 0.310 e. The van der Waals surface area contributed by atoms with E-state index in [-0.39, 0.29) is 0 Å². The van der Waals surface area contributed by atoms with Crippen molar-refractivity contribution in [2.24, 2.45) is 0 Å². The molecule has 1 aromatic carbocycles. The van der Waals surface area contributed by atoms with Crippen LogP contribution in [-0.2, 0) is 11.2 Å². The fourth-order valence-electron chi connectivity index (χ4n) is 2.11. The quantitative estimate of drug-likeness (QED) is 0.895. The molecule has 0 fully saturated rings. The molecule has 98 valence electrons. The Bertz CT molecular complexity index is 453. The molecule has 0 spiro atoms. The van der Waals surface area contributed by atoms with Crippen LogP contribution >= 0.6 is 0 Å². The van der Waals surface area contributed by atoms with E-state index in [0.29, 0.717) is 19.0 Å². The van der Waals surface area contributed by atoms with Crippen LogP contribution < -0.4 is 9.47 Å². The third-order valence-electron chi connectivity index (χ3n) is 3.23. The van der Waals surface area contributed by atoms with Gasteiger partial charge in [0.15, 0.2) is 11.5 Å².